The number of carbonyl (C=O) groups excluding carboxylic acids is 1. The number of para-hydroxylation sites is 1. The first-order chi connectivity index (χ1) is 9.11. The molecule has 1 amide bonds. The van der Waals surface area contributed by atoms with Gasteiger partial charge in [0.25, 0.3) is 5.91 Å². The smallest absolute Gasteiger partial charge is 0.252 e. The van der Waals surface area contributed by atoms with Gasteiger partial charge in [0.15, 0.2) is 0 Å². The van der Waals surface area contributed by atoms with Crippen molar-refractivity contribution in [1.29, 1.82) is 0 Å². The van der Waals surface area contributed by atoms with E-state index in [4.69, 9.17) is 6.42 Å². The number of aromatic amines is 1. The number of hydrogen-bond acceptors (Lipinski definition) is 2. The van der Waals surface area contributed by atoms with E-state index in [-0.39, 0.29) is 17.5 Å². The topological polar surface area (TPSA) is 62.0 Å². The molecule has 2 aromatic rings. The van der Waals surface area contributed by atoms with Gasteiger partial charge in [0, 0.05) is 29.4 Å². The quantitative estimate of drug-likeness (QED) is 0.818. The summed E-state index contributed by atoms with van der Waals surface area (Å²) in [5.74, 6) is 2.20. The lowest BCUT2D eigenvalue weighted by Gasteiger charge is -2.12. The highest BCUT2D eigenvalue weighted by molar-refractivity contribution is 6.06. The Hall–Kier alpha value is -2.54. The number of benzene rings is 1. The second-order valence-corrected chi connectivity index (χ2v) is 4.38. The summed E-state index contributed by atoms with van der Waals surface area (Å²) in [5.41, 5.74) is 0.710. The summed E-state index contributed by atoms with van der Waals surface area (Å²) in [6.07, 6.45) is 5.65. The van der Waals surface area contributed by atoms with E-state index in [1.54, 1.807) is 18.2 Å². The summed E-state index contributed by atoms with van der Waals surface area (Å²) in [4.78, 5) is 26.4. The fourth-order valence-corrected chi connectivity index (χ4v) is 1.92. The Kier molecular flexibility index (Phi) is 3.67. The van der Waals surface area contributed by atoms with Crippen LogP contribution in [0.2, 0.25) is 0 Å². The summed E-state index contributed by atoms with van der Waals surface area (Å²) >= 11 is 0. The van der Waals surface area contributed by atoms with Crippen LogP contribution in [0.3, 0.4) is 0 Å². The third kappa shape index (κ3) is 2.83. The molecule has 0 saturated carbocycles. The number of amides is 1. The van der Waals surface area contributed by atoms with E-state index in [0.717, 1.165) is 0 Å². The predicted octanol–water partition coefficient (Wildman–Crippen LogP) is 1.67. The standard InChI is InChI=1S/C15H14N2O2/c1-3-6-10(2)16-15(19)12-9-14(18)17-13-8-5-4-7-11(12)13/h1,4-5,7-10H,6H2,2H3,(H,16,19)(H,17,18). The van der Waals surface area contributed by atoms with Gasteiger partial charge in [-0.05, 0) is 13.0 Å². The molecule has 96 valence electrons. The fourth-order valence-electron chi connectivity index (χ4n) is 1.92. The maximum absolute atomic E-state index is 12.2. The molecule has 0 aliphatic heterocycles. The first-order valence-corrected chi connectivity index (χ1v) is 5.98. The minimum absolute atomic E-state index is 0.129. The molecule has 19 heavy (non-hydrogen) atoms. The monoisotopic (exact) mass is 254 g/mol. The van der Waals surface area contributed by atoms with Gasteiger partial charge >= 0.3 is 0 Å². The van der Waals surface area contributed by atoms with Gasteiger partial charge in [-0.15, -0.1) is 12.3 Å². The van der Waals surface area contributed by atoms with Crippen molar-refractivity contribution in [2.24, 2.45) is 0 Å². The Morgan fingerprint density at radius 1 is 1.47 bits per heavy atom. The first kappa shape index (κ1) is 12.9. The Morgan fingerprint density at radius 2 is 2.21 bits per heavy atom. The van der Waals surface area contributed by atoms with Crippen LogP contribution in [0.15, 0.2) is 35.1 Å². The van der Waals surface area contributed by atoms with Gasteiger partial charge < -0.3 is 10.3 Å². The zero-order valence-corrected chi connectivity index (χ0v) is 10.6. The van der Waals surface area contributed by atoms with Crippen LogP contribution in [0.4, 0.5) is 0 Å². The van der Waals surface area contributed by atoms with E-state index >= 15 is 0 Å². The highest BCUT2D eigenvalue weighted by atomic mass is 16.2. The third-order valence-electron chi connectivity index (χ3n) is 2.80. The number of pyridine rings is 1. The number of fused-ring (bicyclic) bond motifs is 1. The Balaban J connectivity index is 2.42. The Morgan fingerprint density at radius 3 is 2.95 bits per heavy atom. The van der Waals surface area contributed by atoms with Crippen molar-refractivity contribution in [3.63, 3.8) is 0 Å². The molecule has 4 heteroatoms. The molecule has 1 unspecified atom stereocenters. The molecule has 1 aromatic carbocycles. The van der Waals surface area contributed by atoms with Crippen LogP contribution in [0.1, 0.15) is 23.7 Å². The minimum Gasteiger partial charge on any atom is -0.349 e. The average molecular weight is 254 g/mol. The number of aromatic nitrogens is 1. The van der Waals surface area contributed by atoms with Crippen molar-refractivity contribution in [1.82, 2.24) is 10.3 Å². The summed E-state index contributed by atoms with van der Waals surface area (Å²) < 4.78 is 0. The molecule has 2 N–H and O–H groups in total. The third-order valence-corrected chi connectivity index (χ3v) is 2.80. The molecule has 0 saturated heterocycles. The summed E-state index contributed by atoms with van der Waals surface area (Å²) in [5, 5.41) is 3.50. The molecule has 1 aromatic heterocycles. The molecule has 0 fully saturated rings. The van der Waals surface area contributed by atoms with Crippen LogP contribution in [-0.4, -0.2) is 16.9 Å². The maximum atomic E-state index is 12.2. The van der Waals surface area contributed by atoms with Crippen LogP contribution in [0, 0.1) is 12.3 Å². The van der Waals surface area contributed by atoms with Gasteiger partial charge in [-0.1, -0.05) is 18.2 Å². The number of H-pyrrole nitrogens is 1. The maximum Gasteiger partial charge on any atom is 0.252 e. The van der Waals surface area contributed by atoms with Gasteiger partial charge in [0.2, 0.25) is 5.56 Å². The zero-order valence-electron chi connectivity index (χ0n) is 10.6. The van der Waals surface area contributed by atoms with E-state index in [1.165, 1.54) is 6.07 Å². The average Bonchev–Trinajstić information content (AvgIpc) is 2.37. The van der Waals surface area contributed by atoms with Crippen molar-refractivity contribution >= 4 is 16.8 Å². The number of terminal acetylenes is 1. The molecule has 0 radical (unpaired) electrons. The Bertz CT molecular complexity index is 710. The molecule has 1 atom stereocenters. The van der Waals surface area contributed by atoms with Crippen LogP contribution < -0.4 is 10.9 Å². The van der Waals surface area contributed by atoms with Crippen LogP contribution >= 0.6 is 0 Å². The normalized spacial score (nSPS) is 11.8. The van der Waals surface area contributed by atoms with Crippen LogP contribution in [-0.2, 0) is 0 Å². The van der Waals surface area contributed by atoms with Gasteiger partial charge in [0.1, 0.15) is 0 Å². The van der Waals surface area contributed by atoms with Crippen molar-refractivity contribution in [2.45, 2.75) is 19.4 Å². The number of carbonyl (C=O) groups is 1. The lowest BCUT2D eigenvalue weighted by atomic mass is 10.1. The fraction of sp³-hybridized carbons (Fsp3) is 0.200. The minimum atomic E-state index is -0.298. The predicted molar refractivity (Wildman–Crippen MR) is 74.9 cm³/mol. The summed E-state index contributed by atoms with van der Waals surface area (Å²) in [7, 11) is 0. The molecule has 1 heterocycles. The summed E-state index contributed by atoms with van der Waals surface area (Å²) in [6, 6.07) is 8.36. The second-order valence-electron chi connectivity index (χ2n) is 4.38. The molecule has 0 aliphatic rings. The van der Waals surface area contributed by atoms with Gasteiger partial charge in [0.05, 0.1) is 5.56 Å². The van der Waals surface area contributed by atoms with E-state index in [0.29, 0.717) is 22.9 Å². The number of hydrogen-bond donors (Lipinski definition) is 2. The van der Waals surface area contributed by atoms with E-state index in [2.05, 4.69) is 16.2 Å². The zero-order chi connectivity index (χ0) is 13.8. The summed E-state index contributed by atoms with van der Waals surface area (Å²) in [6.45, 7) is 1.83. The molecular formula is C15H14N2O2. The Labute approximate surface area is 110 Å². The lowest BCUT2D eigenvalue weighted by Crippen LogP contribution is -2.33. The molecular weight excluding hydrogens is 240 g/mol. The highest BCUT2D eigenvalue weighted by Crippen LogP contribution is 2.14. The van der Waals surface area contributed by atoms with Gasteiger partial charge in [-0.3, -0.25) is 9.59 Å². The van der Waals surface area contributed by atoms with Crippen molar-refractivity contribution in [3.8, 4) is 12.3 Å². The van der Waals surface area contributed by atoms with Gasteiger partial charge in [-0.2, -0.15) is 0 Å². The molecule has 0 spiro atoms. The van der Waals surface area contributed by atoms with E-state index < -0.39 is 0 Å². The van der Waals surface area contributed by atoms with E-state index in [9.17, 15) is 9.59 Å². The van der Waals surface area contributed by atoms with Crippen molar-refractivity contribution in [2.75, 3.05) is 0 Å². The molecule has 0 aliphatic carbocycles. The highest BCUT2D eigenvalue weighted by Gasteiger charge is 2.13. The van der Waals surface area contributed by atoms with Gasteiger partial charge in [-0.25, -0.2) is 0 Å². The lowest BCUT2D eigenvalue weighted by molar-refractivity contribution is 0.0942. The SMILES string of the molecule is C#CCC(C)NC(=O)c1cc(=O)[nH]c2ccccc12. The van der Waals surface area contributed by atoms with Crippen molar-refractivity contribution < 1.29 is 4.79 Å². The number of rotatable bonds is 3. The largest absolute Gasteiger partial charge is 0.349 e. The van der Waals surface area contributed by atoms with Crippen molar-refractivity contribution in [3.05, 3.63) is 46.2 Å². The molecule has 2 rings (SSSR count). The van der Waals surface area contributed by atoms with Crippen LogP contribution in [0.5, 0.6) is 0 Å². The molecule has 4 nitrogen and oxygen atoms in total. The first-order valence-electron chi connectivity index (χ1n) is 5.98. The second kappa shape index (κ2) is 5.40. The van der Waals surface area contributed by atoms with Crippen LogP contribution in [0.25, 0.3) is 10.9 Å². The van der Waals surface area contributed by atoms with E-state index in [1.807, 2.05) is 13.0 Å². The number of nitrogens with one attached hydrogen (secondary N) is 2. The molecule has 0 bridgehead atoms.